The Balaban J connectivity index is 2.38. The lowest BCUT2D eigenvalue weighted by Crippen LogP contribution is -2.53. The first-order chi connectivity index (χ1) is 7.13. The van der Waals surface area contributed by atoms with E-state index in [4.69, 9.17) is 11.6 Å². The Kier molecular flexibility index (Phi) is 4.55. The summed E-state index contributed by atoms with van der Waals surface area (Å²) < 4.78 is 0. The van der Waals surface area contributed by atoms with Gasteiger partial charge >= 0.3 is 0 Å². The molecule has 0 spiro atoms. The van der Waals surface area contributed by atoms with Gasteiger partial charge in [-0.05, 0) is 12.8 Å². The second-order valence-corrected chi connectivity index (χ2v) is 3.75. The molecule has 0 aromatic carbocycles. The number of carbonyl (C=O) groups excluding carboxylic acids is 3. The van der Waals surface area contributed by atoms with E-state index in [1.807, 2.05) is 0 Å². The molecule has 6 heteroatoms. The average molecular weight is 233 g/mol. The summed E-state index contributed by atoms with van der Waals surface area (Å²) in [6, 6.07) is 0. The SMILES string of the molecule is O=C1CN(C(=O)CCCCCl)CC(=O)N1. The minimum absolute atomic E-state index is 0.0224. The van der Waals surface area contributed by atoms with Crippen LogP contribution in [0.2, 0.25) is 0 Å². The molecule has 1 fully saturated rings. The number of hydrogen-bond donors (Lipinski definition) is 1. The van der Waals surface area contributed by atoms with Gasteiger partial charge in [-0.15, -0.1) is 11.6 Å². The topological polar surface area (TPSA) is 66.5 Å². The highest BCUT2D eigenvalue weighted by Gasteiger charge is 2.25. The monoisotopic (exact) mass is 232 g/mol. The van der Waals surface area contributed by atoms with Crippen molar-refractivity contribution in [2.75, 3.05) is 19.0 Å². The van der Waals surface area contributed by atoms with Gasteiger partial charge in [0.05, 0.1) is 0 Å². The van der Waals surface area contributed by atoms with Crippen molar-refractivity contribution in [1.82, 2.24) is 10.2 Å². The number of amides is 3. The molecule has 15 heavy (non-hydrogen) atoms. The summed E-state index contributed by atoms with van der Waals surface area (Å²) in [5.41, 5.74) is 0. The number of rotatable bonds is 4. The van der Waals surface area contributed by atoms with Gasteiger partial charge in [0.2, 0.25) is 17.7 Å². The number of hydrogen-bond acceptors (Lipinski definition) is 3. The van der Waals surface area contributed by atoms with Crippen molar-refractivity contribution in [3.8, 4) is 0 Å². The molecule has 1 N–H and O–H groups in total. The highest BCUT2D eigenvalue weighted by Crippen LogP contribution is 2.03. The lowest BCUT2D eigenvalue weighted by molar-refractivity contribution is -0.145. The van der Waals surface area contributed by atoms with Crippen LogP contribution in [0.5, 0.6) is 0 Å². The fraction of sp³-hybridized carbons (Fsp3) is 0.667. The molecule has 1 aliphatic heterocycles. The maximum absolute atomic E-state index is 11.5. The number of unbranched alkanes of at least 4 members (excludes halogenated alkanes) is 1. The van der Waals surface area contributed by atoms with Crippen LogP contribution in [0.1, 0.15) is 19.3 Å². The minimum Gasteiger partial charge on any atom is -0.324 e. The van der Waals surface area contributed by atoms with Crippen LogP contribution >= 0.6 is 11.6 Å². The van der Waals surface area contributed by atoms with E-state index < -0.39 is 11.8 Å². The van der Waals surface area contributed by atoms with Crippen LogP contribution in [0, 0.1) is 0 Å². The van der Waals surface area contributed by atoms with Crippen molar-refractivity contribution in [3.05, 3.63) is 0 Å². The molecule has 0 aliphatic carbocycles. The largest absolute Gasteiger partial charge is 0.324 e. The fourth-order valence-electron chi connectivity index (χ4n) is 1.34. The number of imide groups is 1. The van der Waals surface area contributed by atoms with E-state index >= 15 is 0 Å². The van der Waals surface area contributed by atoms with Crippen LogP contribution in [0.3, 0.4) is 0 Å². The summed E-state index contributed by atoms with van der Waals surface area (Å²) >= 11 is 5.47. The summed E-state index contributed by atoms with van der Waals surface area (Å²) in [5, 5.41) is 2.14. The molecule has 0 aromatic rings. The van der Waals surface area contributed by atoms with Crippen LogP contribution < -0.4 is 5.32 Å². The van der Waals surface area contributed by atoms with Crippen molar-refractivity contribution in [2.24, 2.45) is 0 Å². The van der Waals surface area contributed by atoms with E-state index in [0.717, 1.165) is 6.42 Å². The van der Waals surface area contributed by atoms with Gasteiger partial charge in [-0.2, -0.15) is 0 Å². The number of halogens is 1. The van der Waals surface area contributed by atoms with Gasteiger partial charge in [-0.25, -0.2) is 0 Å². The van der Waals surface area contributed by atoms with Gasteiger partial charge in [0.1, 0.15) is 13.1 Å². The van der Waals surface area contributed by atoms with Crippen molar-refractivity contribution in [1.29, 1.82) is 0 Å². The first-order valence-electron chi connectivity index (χ1n) is 4.80. The number of alkyl halides is 1. The molecule has 84 valence electrons. The van der Waals surface area contributed by atoms with Crippen molar-refractivity contribution < 1.29 is 14.4 Å². The fourth-order valence-corrected chi connectivity index (χ4v) is 1.53. The number of nitrogens with one attached hydrogen (secondary N) is 1. The Hall–Kier alpha value is -1.10. The molecule has 1 saturated heterocycles. The zero-order valence-electron chi connectivity index (χ0n) is 8.29. The zero-order valence-corrected chi connectivity index (χ0v) is 9.05. The third kappa shape index (κ3) is 3.87. The Morgan fingerprint density at radius 3 is 2.40 bits per heavy atom. The Bertz CT molecular complexity index is 265. The summed E-state index contributed by atoms with van der Waals surface area (Å²) in [6.07, 6.45) is 1.79. The van der Waals surface area contributed by atoms with Crippen LogP contribution in [0.4, 0.5) is 0 Å². The van der Waals surface area contributed by atoms with Crippen molar-refractivity contribution in [2.45, 2.75) is 19.3 Å². The number of piperazine rings is 1. The van der Waals surface area contributed by atoms with E-state index in [-0.39, 0.29) is 19.0 Å². The predicted molar refractivity (Wildman–Crippen MR) is 54.3 cm³/mol. The molecule has 0 bridgehead atoms. The Morgan fingerprint density at radius 1 is 1.27 bits per heavy atom. The van der Waals surface area contributed by atoms with Crippen molar-refractivity contribution in [3.63, 3.8) is 0 Å². The molecule has 0 unspecified atom stereocenters. The van der Waals surface area contributed by atoms with Gasteiger partial charge in [0.15, 0.2) is 0 Å². The van der Waals surface area contributed by atoms with Crippen LogP contribution in [-0.2, 0) is 14.4 Å². The smallest absolute Gasteiger partial charge is 0.246 e. The third-order valence-corrected chi connectivity index (χ3v) is 2.34. The predicted octanol–water partition coefficient (Wildman–Crippen LogP) is -0.120. The first kappa shape index (κ1) is 12.0. The maximum Gasteiger partial charge on any atom is 0.246 e. The molecule has 0 radical (unpaired) electrons. The third-order valence-electron chi connectivity index (χ3n) is 2.07. The number of carbonyl (C=O) groups is 3. The van der Waals surface area contributed by atoms with E-state index in [1.165, 1.54) is 4.90 Å². The lowest BCUT2D eigenvalue weighted by Gasteiger charge is -2.25. The van der Waals surface area contributed by atoms with Gasteiger partial charge in [-0.1, -0.05) is 0 Å². The van der Waals surface area contributed by atoms with E-state index in [9.17, 15) is 14.4 Å². The summed E-state index contributed by atoms with van der Waals surface area (Å²) in [4.78, 5) is 34.7. The molecular formula is C9H13ClN2O3. The Labute approximate surface area is 92.8 Å². The normalized spacial score (nSPS) is 16.5. The van der Waals surface area contributed by atoms with Gasteiger partial charge in [-0.3, -0.25) is 19.7 Å². The summed E-state index contributed by atoms with van der Waals surface area (Å²) in [5.74, 6) is -0.482. The van der Waals surface area contributed by atoms with Crippen LogP contribution in [0.25, 0.3) is 0 Å². The molecule has 0 aromatic heterocycles. The van der Waals surface area contributed by atoms with Crippen molar-refractivity contribution >= 4 is 29.3 Å². The summed E-state index contributed by atoms with van der Waals surface area (Å²) in [6.45, 7) is -0.0447. The molecule has 1 aliphatic rings. The van der Waals surface area contributed by atoms with Crippen LogP contribution in [-0.4, -0.2) is 41.6 Å². The number of nitrogens with zero attached hydrogens (tertiary/aromatic N) is 1. The standard InChI is InChI=1S/C9H13ClN2O3/c10-4-2-1-3-9(15)12-5-7(13)11-8(14)6-12/h1-6H2,(H,11,13,14). The molecule has 5 nitrogen and oxygen atoms in total. The van der Waals surface area contributed by atoms with Gasteiger partial charge in [0, 0.05) is 12.3 Å². The molecule has 3 amide bonds. The van der Waals surface area contributed by atoms with E-state index in [1.54, 1.807) is 0 Å². The quantitative estimate of drug-likeness (QED) is 0.418. The van der Waals surface area contributed by atoms with Gasteiger partial charge in [0.25, 0.3) is 0 Å². The second kappa shape index (κ2) is 5.70. The molecule has 0 atom stereocenters. The molecule has 1 rings (SSSR count). The second-order valence-electron chi connectivity index (χ2n) is 3.37. The molecule has 1 heterocycles. The lowest BCUT2D eigenvalue weighted by atomic mass is 10.2. The average Bonchev–Trinajstić information content (AvgIpc) is 2.16. The first-order valence-corrected chi connectivity index (χ1v) is 5.33. The maximum atomic E-state index is 11.5. The zero-order chi connectivity index (χ0) is 11.3. The van der Waals surface area contributed by atoms with E-state index in [0.29, 0.717) is 18.7 Å². The molecule has 0 saturated carbocycles. The Morgan fingerprint density at radius 2 is 1.87 bits per heavy atom. The van der Waals surface area contributed by atoms with E-state index in [2.05, 4.69) is 5.32 Å². The highest BCUT2D eigenvalue weighted by atomic mass is 35.5. The highest BCUT2D eigenvalue weighted by molar-refractivity contribution is 6.17. The minimum atomic E-state index is -0.419. The van der Waals surface area contributed by atoms with Gasteiger partial charge < -0.3 is 4.90 Å². The summed E-state index contributed by atoms with van der Waals surface area (Å²) in [7, 11) is 0. The van der Waals surface area contributed by atoms with Crippen LogP contribution in [0.15, 0.2) is 0 Å². The molecular weight excluding hydrogens is 220 g/mol.